The fourth-order valence-corrected chi connectivity index (χ4v) is 12.5. The van der Waals surface area contributed by atoms with Gasteiger partial charge in [0.25, 0.3) is 0 Å². The molecule has 0 bridgehead atoms. The van der Waals surface area contributed by atoms with Crippen LogP contribution in [0.4, 0.5) is 0 Å². The van der Waals surface area contributed by atoms with Crippen molar-refractivity contribution in [3.8, 4) is 0 Å². The molecule has 1 aromatic carbocycles. The summed E-state index contributed by atoms with van der Waals surface area (Å²) in [7, 11) is -0.0731. The molecule has 0 aliphatic heterocycles. The average Bonchev–Trinajstić information content (AvgIpc) is 2.85. The van der Waals surface area contributed by atoms with Gasteiger partial charge < -0.3 is 0 Å². The number of allylic oxidation sites excluding steroid dienone is 4. The smallest absolute Gasteiger partial charge is 0.0223 e. The summed E-state index contributed by atoms with van der Waals surface area (Å²) in [6.07, 6.45) is 23.6. The third kappa shape index (κ3) is 5.96. The van der Waals surface area contributed by atoms with E-state index in [9.17, 15) is 0 Å². The Kier molecular flexibility index (Phi) is 10.6. The van der Waals surface area contributed by atoms with E-state index in [4.69, 9.17) is 0 Å². The van der Waals surface area contributed by atoms with Gasteiger partial charge in [0.05, 0.1) is 0 Å². The van der Waals surface area contributed by atoms with Crippen molar-refractivity contribution in [3.05, 3.63) is 53.1 Å². The Morgan fingerprint density at radius 1 is 0.771 bits per heavy atom. The van der Waals surface area contributed by atoms with E-state index in [-0.39, 0.29) is 20.3 Å². The molecule has 0 heterocycles. The molecular formula is C33H52ClP. The maximum Gasteiger partial charge on any atom is 0.0223 e. The lowest BCUT2D eigenvalue weighted by Gasteiger charge is -2.55. The maximum atomic E-state index is 2.57. The van der Waals surface area contributed by atoms with Gasteiger partial charge in [-0.25, -0.2) is 0 Å². The molecule has 0 saturated heterocycles. The normalized spacial score (nSPS) is 24.3. The van der Waals surface area contributed by atoms with Crippen molar-refractivity contribution in [1.29, 1.82) is 0 Å². The van der Waals surface area contributed by atoms with Gasteiger partial charge in [-0.2, -0.15) is 0 Å². The van der Waals surface area contributed by atoms with Crippen molar-refractivity contribution in [3.63, 3.8) is 0 Å². The highest BCUT2D eigenvalue weighted by Gasteiger charge is 2.50. The van der Waals surface area contributed by atoms with Gasteiger partial charge in [-0.15, -0.1) is 12.4 Å². The van der Waals surface area contributed by atoms with E-state index >= 15 is 0 Å². The van der Waals surface area contributed by atoms with E-state index in [0.29, 0.717) is 22.9 Å². The first-order valence-corrected chi connectivity index (χ1v) is 16.1. The summed E-state index contributed by atoms with van der Waals surface area (Å²) in [5, 5.41) is 0.330. The lowest BCUT2D eigenvalue weighted by atomic mass is 9.75. The molecule has 0 N–H and O–H groups in total. The van der Waals surface area contributed by atoms with Crippen molar-refractivity contribution in [2.45, 2.75) is 140 Å². The number of hydrogen-bond acceptors (Lipinski definition) is 0. The number of benzene rings is 1. The highest BCUT2D eigenvalue weighted by atomic mass is 35.5. The lowest BCUT2D eigenvalue weighted by Crippen LogP contribution is -2.42. The van der Waals surface area contributed by atoms with Crippen LogP contribution in [-0.4, -0.2) is 16.5 Å². The molecule has 4 rings (SSSR count). The van der Waals surface area contributed by atoms with Crippen LogP contribution in [0.15, 0.2) is 36.4 Å². The third-order valence-electron chi connectivity index (χ3n) is 9.30. The molecule has 2 heteroatoms. The molecule has 0 amide bonds. The lowest BCUT2D eigenvalue weighted by molar-refractivity contribution is 0.450. The third-order valence-corrected chi connectivity index (χ3v) is 13.8. The molecule has 1 unspecified atom stereocenters. The number of rotatable bonds is 7. The predicted octanol–water partition coefficient (Wildman–Crippen LogP) is 11.2. The van der Waals surface area contributed by atoms with Crippen LogP contribution in [0.5, 0.6) is 0 Å². The molecule has 2 fully saturated rings. The molecule has 1 aromatic rings. The Labute approximate surface area is 225 Å². The Hall–Kier alpha value is -0.580. The second-order valence-electron chi connectivity index (χ2n) is 12.4. The zero-order valence-corrected chi connectivity index (χ0v) is 25.2. The van der Waals surface area contributed by atoms with Crippen LogP contribution in [-0.2, 0) is 0 Å². The Bertz CT molecular complexity index is 849. The van der Waals surface area contributed by atoms with E-state index in [1.807, 2.05) is 0 Å². The molecule has 196 valence electrons. The fraction of sp³-hybridized carbons (Fsp3) is 0.697. The first kappa shape index (κ1) is 29.0. The summed E-state index contributed by atoms with van der Waals surface area (Å²) in [5.74, 6) is 1.83. The quantitative estimate of drug-likeness (QED) is 0.317. The standard InChI is InChI=1S/C33H51P.ClH/c1-24(2)27-20-21-30(31(23-27)25(3)4)32-19-13-14-22-33(32,26(5)6)34(28-15-9-7-10-16-28)29-17-11-8-12-18-29;/h13-14,19-21,23-26,28-29H,7-12,15-18,22H2,1-6H3;1H. The zero-order valence-electron chi connectivity index (χ0n) is 23.5. The molecular weight excluding hydrogens is 463 g/mol. The van der Waals surface area contributed by atoms with Gasteiger partial charge in [0.15, 0.2) is 0 Å². The molecule has 0 aromatic heterocycles. The van der Waals surface area contributed by atoms with Crippen molar-refractivity contribution in [1.82, 2.24) is 0 Å². The number of hydrogen-bond donors (Lipinski definition) is 0. The van der Waals surface area contributed by atoms with E-state index < -0.39 is 0 Å². The minimum absolute atomic E-state index is 0. The second-order valence-corrected chi connectivity index (χ2v) is 15.5. The second kappa shape index (κ2) is 12.8. The van der Waals surface area contributed by atoms with E-state index in [0.717, 1.165) is 11.3 Å². The summed E-state index contributed by atoms with van der Waals surface area (Å²) < 4.78 is 0. The van der Waals surface area contributed by atoms with Crippen LogP contribution < -0.4 is 0 Å². The van der Waals surface area contributed by atoms with Crippen LogP contribution in [0, 0.1) is 5.92 Å². The average molecular weight is 515 g/mol. The molecule has 0 nitrogen and oxygen atoms in total. The fourth-order valence-electron chi connectivity index (χ4n) is 7.41. The Morgan fingerprint density at radius 3 is 1.83 bits per heavy atom. The monoisotopic (exact) mass is 514 g/mol. The zero-order chi connectivity index (χ0) is 24.3. The Morgan fingerprint density at radius 2 is 1.34 bits per heavy atom. The SMILES string of the molecule is CC(C)c1ccc(C2=CC=CCC2(C(C)C)P(C2CCCCC2)C2CCCCC2)c(C(C)C)c1.Cl. The summed E-state index contributed by atoms with van der Waals surface area (Å²) in [6, 6.07) is 7.53. The molecule has 35 heavy (non-hydrogen) atoms. The minimum Gasteiger partial charge on any atom is -0.147 e. The van der Waals surface area contributed by atoms with Crippen molar-refractivity contribution in [2.24, 2.45) is 5.92 Å². The molecule has 0 radical (unpaired) electrons. The largest absolute Gasteiger partial charge is 0.147 e. The van der Waals surface area contributed by atoms with Crippen LogP contribution in [0.25, 0.3) is 5.57 Å². The van der Waals surface area contributed by atoms with Crippen molar-refractivity contribution < 1.29 is 0 Å². The van der Waals surface area contributed by atoms with Gasteiger partial charge in [-0.05, 0) is 83.4 Å². The molecule has 3 aliphatic rings. The van der Waals surface area contributed by atoms with Crippen molar-refractivity contribution in [2.75, 3.05) is 0 Å². The molecule has 1 atom stereocenters. The molecule has 3 aliphatic carbocycles. The van der Waals surface area contributed by atoms with E-state index in [1.165, 1.54) is 76.2 Å². The highest BCUT2D eigenvalue weighted by molar-refractivity contribution is 7.61. The minimum atomic E-state index is -0.0731. The van der Waals surface area contributed by atoms with Gasteiger partial charge >= 0.3 is 0 Å². The predicted molar refractivity (Wildman–Crippen MR) is 162 cm³/mol. The van der Waals surface area contributed by atoms with Gasteiger partial charge in [0, 0.05) is 5.16 Å². The van der Waals surface area contributed by atoms with Gasteiger partial charge in [0.2, 0.25) is 0 Å². The highest BCUT2D eigenvalue weighted by Crippen LogP contribution is 2.71. The van der Waals surface area contributed by atoms with Gasteiger partial charge in [-0.3, -0.25) is 0 Å². The molecule has 2 saturated carbocycles. The summed E-state index contributed by atoms with van der Waals surface area (Å²) >= 11 is 0. The Balaban J connectivity index is 0.00000342. The maximum absolute atomic E-state index is 2.57. The van der Waals surface area contributed by atoms with Crippen LogP contribution in [0.1, 0.15) is 141 Å². The summed E-state index contributed by atoms with van der Waals surface area (Å²) in [4.78, 5) is 0. The van der Waals surface area contributed by atoms with Crippen LogP contribution >= 0.6 is 20.3 Å². The van der Waals surface area contributed by atoms with Crippen LogP contribution in [0.2, 0.25) is 0 Å². The topological polar surface area (TPSA) is 0 Å². The number of halogens is 1. The molecule has 0 spiro atoms. The van der Waals surface area contributed by atoms with Crippen molar-refractivity contribution >= 4 is 25.9 Å². The summed E-state index contributed by atoms with van der Waals surface area (Å²) in [6.45, 7) is 14.6. The van der Waals surface area contributed by atoms with E-state index in [1.54, 1.807) is 16.7 Å². The first-order chi connectivity index (χ1) is 16.4. The van der Waals surface area contributed by atoms with E-state index in [2.05, 4.69) is 78.0 Å². The summed E-state index contributed by atoms with van der Waals surface area (Å²) in [5.41, 5.74) is 8.32. The first-order valence-electron chi connectivity index (χ1n) is 14.7. The van der Waals surface area contributed by atoms with Crippen LogP contribution in [0.3, 0.4) is 0 Å². The van der Waals surface area contributed by atoms with Gasteiger partial charge in [-0.1, -0.05) is 124 Å². The van der Waals surface area contributed by atoms with Gasteiger partial charge in [0.1, 0.15) is 0 Å².